The minimum absolute atomic E-state index is 0.0908. The van der Waals surface area contributed by atoms with Gasteiger partial charge in [0.05, 0.1) is 10.2 Å². The van der Waals surface area contributed by atoms with E-state index in [0.717, 1.165) is 59.9 Å². The van der Waals surface area contributed by atoms with Gasteiger partial charge >= 0.3 is 0 Å². The molecule has 1 unspecified atom stereocenters. The van der Waals surface area contributed by atoms with Crippen LogP contribution < -0.4 is 0 Å². The number of halogens is 2. The summed E-state index contributed by atoms with van der Waals surface area (Å²) in [5.74, 6) is 1.55. The predicted molar refractivity (Wildman–Crippen MR) is 95.0 cm³/mol. The predicted octanol–water partition coefficient (Wildman–Crippen LogP) is 4.35. The van der Waals surface area contributed by atoms with Crippen LogP contribution in [0.2, 0.25) is 0 Å². The van der Waals surface area contributed by atoms with E-state index in [1.165, 1.54) is 0 Å². The fourth-order valence-corrected chi connectivity index (χ4v) is 4.59. The first kappa shape index (κ1) is 16.6. The van der Waals surface area contributed by atoms with E-state index in [4.69, 9.17) is 0 Å². The van der Waals surface area contributed by atoms with Gasteiger partial charge in [-0.2, -0.15) is 0 Å². The zero-order valence-corrected chi connectivity index (χ0v) is 14.8. The quantitative estimate of drug-likeness (QED) is 0.692. The molecule has 4 rings (SSSR count). The number of fused-ring (bicyclic) bond motifs is 1. The van der Waals surface area contributed by atoms with Gasteiger partial charge in [-0.05, 0) is 31.0 Å². The van der Waals surface area contributed by atoms with Crippen LogP contribution in [0.3, 0.4) is 0 Å². The summed E-state index contributed by atoms with van der Waals surface area (Å²) in [7, 11) is 2.03. The van der Waals surface area contributed by atoms with Gasteiger partial charge in [0.2, 0.25) is 0 Å². The van der Waals surface area contributed by atoms with Crippen molar-refractivity contribution in [2.24, 2.45) is 7.05 Å². The van der Waals surface area contributed by atoms with Crippen molar-refractivity contribution < 1.29 is 8.78 Å². The van der Waals surface area contributed by atoms with E-state index in [2.05, 4.69) is 19.4 Å². The Morgan fingerprint density at radius 2 is 2.24 bits per heavy atom. The van der Waals surface area contributed by atoms with Crippen LogP contribution in [-0.2, 0) is 13.6 Å². The summed E-state index contributed by atoms with van der Waals surface area (Å²) in [5.41, 5.74) is 1.76. The highest BCUT2D eigenvalue weighted by atomic mass is 32.1. The SMILES string of the molecule is Cn1ccnc1C1CCCN(Cc2cccc3nc(C(F)F)sc23)C1. The smallest absolute Gasteiger partial charge is 0.289 e. The molecule has 0 bridgehead atoms. The second-order valence-corrected chi connectivity index (χ2v) is 7.62. The van der Waals surface area contributed by atoms with Crippen LogP contribution in [0.4, 0.5) is 8.78 Å². The molecule has 2 aromatic heterocycles. The van der Waals surface area contributed by atoms with E-state index < -0.39 is 6.43 Å². The number of hydrogen-bond donors (Lipinski definition) is 0. The molecule has 3 aromatic rings. The molecule has 1 saturated heterocycles. The fraction of sp³-hybridized carbons (Fsp3) is 0.444. The van der Waals surface area contributed by atoms with Gasteiger partial charge in [0.1, 0.15) is 5.82 Å². The number of imidazole rings is 1. The van der Waals surface area contributed by atoms with Crippen LogP contribution in [0.1, 0.15) is 41.6 Å². The minimum Gasteiger partial charge on any atom is -0.338 e. The Labute approximate surface area is 149 Å². The van der Waals surface area contributed by atoms with Crippen molar-refractivity contribution >= 4 is 21.6 Å². The minimum atomic E-state index is -2.51. The van der Waals surface area contributed by atoms with Gasteiger partial charge in [-0.3, -0.25) is 4.90 Å². The third-order valence-electron chi connectivity index (χ3n) is 4.82. The molecule has 0 N–H and O–H groups in total. The highest BCUT2D eigenvalue weighted by Gasteiger charge is 2.25. The highest BCUT2D eigenvalue weighted by molar-refractivity contribution is 7.18. The second-order valence-electron chi connectivity index (χ2n) is 6.59. The van der Waals surface area contributed by atoms with Crippen molar-refractivity contribution in [2.45, 2.75) is 31.7 Å². The number of rotatable bonds is 4. The molecule has 7 heteroatoms. The van der Waals surface area contributed by atoms with Crippen molar-refractivity contribution in [3.8, 4) is 0 Å². The number of nitrogens with zero attached hydrogens (tertiary/aromatic N) is 4. The van der Waals surface area contributed by atoms with Crippen molar-refractivity contribution in [3.05, 3.63) is 47.0 Å². The number of hydrogen-bond acceptors (Lipinski definition) is 4. The third-order valence-corrected chi connectivity index (χ3v) is 5.98. The van der Waals surface area contributed by atoms with Crippen molar-refractivity contribution in [1.29, 1.82) is 0 Å². The van der Waals surface area contributed by atoms with Crippen LogP contribution in [-0.4, -0.2) is 32.5 Å². The lowest BCUT2D eigenvalue weighted by atomic mass is 9.96. The molecule has 1 atom stereocenters. The summed E-state index contributed by atoms with van der Waals surface area (Å²) in [5, 5.41) is -0.0908. The molecular formula is C18H20F2N4S. The van der Waals surface area contributed by atoms with Crippen LogP contribution >= 0.6 is 11.3 Å². The first-order valence-corrected chi connectivity index (χ1v) is 9.29. The maximum absolute atomic E-state index is 13.0. The van der Waals surface area contributed by atoms with Gasteiger partial charge < -0.3 is 4.57 Å². The summed E-state index contributed by atoms with van der Waals surface area (Å²) < 4.78 is 28.9. The van der Waals surface area contributed by atoms with Gasteiger partial charge in [-0.1, -0.05) is 12.1 Å². The molecule has 1 aliphatic heterocycles. The lowest BCUT2D eigenvalue weighted by Crippen LogP contribution is -2.34. The average Bonchev–Trinajstić information content (AvgIpc) is 3.22. The van der Waals surface area contributed by atoms with Gasteiger partial charge in [-0.15, -0.1) is 11.3 Å². The van der Waals surface area contributed by atoms with E-state index in [1.54, 1.807) is 0 Å². The monoisotopic (exact) mass is 362 g/mol. The first-order chi connectivity index (χ1) is 12.1. The van der Waals surface area contributed by atoms with E-state index in [-0.39, 0.29) is 5.01 Å². The van der Waals surface area contributed by atoms with E-state index >= 15 is 0 Å². The Morgan fingerprint density at radius 1 is 1.36 bits per heavy atom. The molecule has 0 spiro atoms. The standard InChI is InChI=1S/C18H20F2N4S/c1-23-9-7-21-17(23)13-5-3-8-24(11-13)10-12-4-2-6-14-15(12)25-18(22-14)16(19)20/h2,4,6-7,9,13,16H,3,5,8,10-11H2,1H3. The lowest BCUT2D eigenvalue weighted by Gasteiger charge is -2.32. The molecular weight excluding hydrogens is 342 g/mol. The van der Waals surface area contributed by atoms with Crippen molar-refractivity contribution in [3.63, 3.8) is 0 Å². The molecule has 0 saturated carbocycles. The van der Waals surface area contributed by atoms with E-state index in [1.807, 2.05) is 37.6 Å². The molecule has 132 valence electrons. The Morgan fingerprint density at radius 3 is 3.00 bits per heavy atom. The molecule has 0 amide bonds. The molecule has 25 heavy (non-hydrogen) atoms. The van der Waals surface area contributed by atoms with Gasteiger partial charge in [0.25, 0.3) is 6.43 Å². The van der Waals surface area contributed by atoms with E-state index in [9.17, 15) is 8.78 Å². The van der Waals surface area contributed by atoms with E-state index in [0.29, 0.717) is 11.4 Å². The summed E-state index contributed by atoms with van der Waals surface area (Å²) in [6.07, 6.45) is 3.59. The van der Waals surface area contributed by atoms with Gasteiger partial charge in [0.15, 0.2) is 5.01 Å². The molecule has 0 aliphatic carbocycles. The zero-order chi connectivity index (χ0) is 17.4. The Hall–Kier alpha value is -1.86. The molecule has 1 aromatic carbocycles. The molecule has 3 heterocycles. The van der Waals surface area contributed by atoms with Gasteiger partial charge in [0, 0.05) is 38.4 Å². The zero-order valence-electron chi connectivity index (χ0n) is 14.0. The highest BCUT2D eigenvalue weighted by Crippen LogP contribution is 2.33. The number of piperidine rings is 1. The summed E-state index contributed by atoms with van der Waals surface area (Å²) in [6.45, 7) is 2.74. The average molecular weight is 362 g/mol. The number of likely N-dealkylation sites (tertiary alicyclic amines) is 1. The van der Waals surface area contributed by atoms with Gasteiger partial charge in [-0.25, -0.2) is 18.7 Å². The number of aryl methyl sites for hydroxylation is 1. The normalized spacial score (nSPS) is 19.1. The maximum Gasteiger partial charge on any atom is 0.289 e. The maximum atomic E-state index is 13.0. The van der Waals surface area contributed by atoms with Crippen molar-refractivity contribution in [2.75, 3.05) is 13.1 Å². The fourth-order valence-electron chi connectivity index (χ4n) is 3.66. The second kappa shape index (κ2) is 6.80. The third kappa shape index (κ3) is 3.30. The Kier molecular flexibility index (Phi) is 4.52. The lowest BCUT2D eigenvalue weighted by molar-refractivity contribution is 0.151. The van der Waals surface area contributed by atoms with Crippen molar-refractivity contribution in [1.82, 2.24) is 19.4 Å². The molecule has 1 fully saturated rings. The Balaban J connectivity index is 1.55. The number of alkyl halides is 2. The summed E-state index contributed by atoms with van der Waals surface area (Å²) in [4.78, 5) is 11.0. The van der Waals surface area contributed by atoms with Crippen LogP contribution in [0, 0.1) is 0 Å². The topological polar surface area (TPSA) is 34.0 Å². The number of thiazole rings is 1. The van der Waals surface area contributed by atoms with Crippen LogP contribution in [0.25, 0.3) is 10.2 Å². The number of aromatic nitrogens is 3. The molecule has 0 radical (unpaired) electrons. The summed E-state index contributed by atoms with van der Waals surface area (Å²) >= 11 is 1.12. The van der Waals surface area contributed by atoms with Crippen LogP contribution in [0.15, 0.2) is 30.6 Å². The molecule has 1 aliphatic rings. The number of benzene rings is 1. The first-order valence-electron chi connectivity index (χ1n) is 8.48. The van der Waals surface area contributed by atoms with Crippen LogP contribution in [0.5, 0.6) is 0 Å². The largest absolute Gasteiger partial charge is 0.338 e. The Bertz CT molecular complexity index is 873. The summed E-state index contributed by atoms with van der Waals surface area (Å²) in [6, 6.07) is 5.75. The molecule has 4 nitrogen and oxygen atoms in total.